The van der Waals surface area contributed by atoms with Gasteiger partial charge in [-0.2, -0.15) is 0 Å². The first-order chi connectivity index (χ1) is 11.8. The van der Waals surface area contributed by atoms with E-state index in [0.717, 1.165) is 17.5 Å². The van der Waals surface area contributed by atoms with Crippen LogP contribution in [-0.4, -0.2) is 21.4 Å². The molecular formula is C19H24N2O3S. The fourth-order valence-corrected chi connectivity index (χ4v) is 3.56. The molecule has 25 heavy (non-hydrogen) atoms. The smallest absolute Gasteiger partial charge is 0.251 e. The molecule has 0 aliphatic rings. The van der Waals surface area contributed by atoms with E-state index >= 15 is 0 Å². The van der Waals surface area contributed by atoms with Gasteiger partial charge in [0.2, 0.25) is 10.0 Å². The minimum absolute atomic E-state index is 0.0715. The number of carbonyl (C=O) groups is 1. The van der Waals surface area contributed by atoms with Gasteiger partial charge in [-0.3, -0.25) is 4.79 Å². The number of rotatable bonds is 6. The quantitative estimate of drug-likeness (QED) is 0.831. The Bertz CT molecular complexity index is 876. The Morgan fingerprint density at radius 1 is 1.12 bits per heavy atom. The number of aryl methyl sites for hydroxylation is 2. The van der Waals surface area contributed by atoms with Crippen molar-refractivity contribution in [1.82, 2.24) is 10.0 Å². The molecule has 0 spiro atoms. The summed E-state index contributed by atoms with van der Waals surface area (Å²) in [5.74, 6) is -0.292. The van der Waals surface area contributed by atoms with E-state index in [9.17, 15) is 13.2 Å². The van der Waals surface area contributed by atoms with Crippen molar-refractivity contribution in [2.45, 2.75) is 38.1 Å². The summed E-state index contributed by atoms with van der Waals surface area (Å²) < 4.78 is 26.1. The van der Waals surface area contributed by atoms with E-state index in [-0.39, 0.29) is 16.8 Å². The Kier molecular flexibility index (Phi) is 5.98. The van der Waals surface area contributed by atoms with Crippen LogP contribution in [0.5, 0.6) is 0 Å². The molecule has 6 heteroatoms. The van der Waals surface area contributed by atoms with Gasteiger partial charge in [-0.15, -0.1) is 0 Å². The summed E-state index contributed by atoms with van der Waals surface area (Å²) in [6, 6.07) is 12.0. The zero-order valence-corrected chi connectivity index (χ0v) is 15.8. The largest absolute Gasteiger partial charge is 0.345 e. The lowest BCUT2D eigenvalue weighted by molar-refractivity contribution is 0.0935. The average Bonchev–Trinajstić information content (AvgIpc) is 2.60. The highest BCUT2D eigenvalue weighted by Crippen LogP contribution is 2.22. The van der Waals surface area contributed by atoms with Crippen molar-refractivity contribution in [2.24, 2.45) is 0 Å². The molecule has 0 aromatic heterocycles. The van der Waals surface area contributed by atoms with Gasteiger partial charge in [-0.1, -0.05) is 36.8 Å². The first kappa shape index (κ1) is 19.1. The van der Waals surface area contributed by atoms with E-state index < -0.39 is 10.0 Å². The van der Waals surface area contributed by atoms with Gasteiger partial charge in [0, 0.05) is 5.56 Å². The van der Waals surface area contributed by atoms with Gasteiger partial charge < -0.3 is 5.32 Å². The van der Waals surface area contributed by atoms with Crippen LogP contribution in [0.15, 0.2) is 47.4 Å². The Hall–Kier alpha value is -2.18. The van der Waals surface area contributed by atoms with Crippen LogP contribution >= 0.6 is 0 Å². The Morgan fingerprint density at radius 2 is 1.84 bits per heavy atom. The number of benzene rings is 2. The van der Waals surface area contributed by atoms with Crippen molar-refractivity contribution in [3.05, 3.63) is 64.7 Å². The number of hydrogen-bond acceptors (Lipinski definition) is 3. The molecule has 0 aliphatic heterocycles. The van der Waals surface area contributed by atoms with Crippen molar-refractivity contribution in [3.63, 3.8) is 0 Å². The van der Waals surface area contributed by atoms with Gasteiger partial charge in [0.1, 0.15) is 0 Å². The standard InChI is InChI=1S/C19H24N2O3S/c1-5-18(17-10-9-13(2)11-14(17)3)21-19(22)15-7-6-8-16(12-15)25(23,24)20-4/h6-12,18,20H,5H2,1-4H3,(H,21,22)/t18-/m0/s1. The summed E-state index contributed by atoms with van der Waals surface area (Å²) in [7, 11) is -2.24. The van der Waals surface area contributed by atoms with E-state index in [1.165, 1.54) is 24.7 Å². The van der Waals surface area contributed by atoms with Crippen LogP contribution < -0.4 is 10.0 Å². The van der Waals surface area contributed by atoms with Crippen LogP contribution in [-0.2, 0) is 10.0 Å². The molecular weight excluding hydrogens is 336 g/mol. The lowest BCUT2D eigenvalue weighted by atomic mass is 9.97. The highest BCUT2D eigenvalue weighted by molar-refractivity contribution is 7.89. The Morgan fingerprint density at radius 3 is 2.44 bits per heavy atom. The molecule has 1 amide bonds. The van der Waals surface area contributed by atoms with Crippen LogP contribution in [0, 0.1) is 13.8 Å². The second kappa shape index (κ2) is 7.80. The number of carbonyl (C=O) groups excluding carboxylic acids is 1. The van der Waals surface area contributed by atoms with Gasteiger partial charge in [0.25, 0.3) is 5.91 Å². The predicted octanol–water partition coefficient (Wildman–Crippen LogP) is 3.09. The van der Waals surface area contributed by atoms with Crippen LogP contribution in [0.1, 0.15) is 46.4 Å². The van der Waals surface area contributed by atoms with Gasteiger partial charge in [-0.05, 0) is 56.6 Å². The number of amides is 1. The first-order valence-corrected chi connectivity index (χ1v) is 9.68. The molecule has 1 atom stereocenters. The predicted molar refractivity (Wildman–Crippen MR) is 99.1 cm³/mol. The molecule has 2 rings (SSSR count). The molecule has 0 bridgehead atoms. The fraction of sp³-hybridized carbons (Fsp3) is 0.316. The molecule has 2 N–H and O–H groups in total. The molecule has 2 aromatic carbocycles. The van der Waals surface area contributed by atoms with Crippen molar-refractivity contribution in [2.75, 3.05) is 7.05 Å². The van der Waals surface area contributed by atoms with Crippen molar-refractivity contribution in [1.29, 1.82) is 0 Å². The second-order valence-corrected chi connectivity index (χ2v) is 7.92. The summed E-state index contributed by atoms with van der Waals surface area (Å²) in [5.41, 5.74) is 3.69. The number of nitrogens with one attached hydrogen (secondary N) is 2. The molecule has 0 radical (unpaired) electrons. The van der Waals surface area contributed by atoms with Crippen LogP contribution in [0.2, 0.25) is 0 Å². The van der Waals surface area contributed by atoms with Gasteiger partial charge in [0.15, 0.2) is 0 Å². The molecule has 0 saturated carbocycles. The highest BCUT2D eigenvalue weighted by Gasteiger charge is 2.18. The van der Waals surface area contributed by atoms with Crippen molar-refractivity contribution >= 4 is 15.9 Å². The molecule has 0 unspecified atom stereocenters. The molecule has 0 aliphatic carbocycles. The van der Waals surface area contributed by atoms with Gasteiger partial charge in [0.05, 0.1) is 10.9 Å². The lowest BCUT2D eigenvalue weighted by Crippen LogP contribution is -2.29. The van der Waals surface area contributed by atoms with Crippen LogP contribution in [0.4, 0.5) is 0 Å². The minimum atomic E-state index is -3.58. The molecule has 2 aromatic rings. The molecule has 0 heterocycles. The van der Waals surface area contributed by atoms with E-state index in [2.05, 4.69) is 16.1 Å². The zero-order chi connectivity index (χ0) is 18.6. The van der Waals surface area contributed by atoms with Gasteiger partial charge in [-0.25, -0.2) is 13.1 Å². The Balaban J connectivity index is 2.27. The maximum Gasteiger partial charge on any atom is 0.251 e. The van der Waals surface area contributed by atoms with Crippen LogP contribution in [0.3, 0.4) is 0 Å². The second-order valence-electron chi connectivity index (χ2n) is 6.03. The third-order valence-electron chi connectivity index (χ3n) is 4.19. The SMILES string of the molecule is CC[C@H](NC(=O)c1cccc(S(=O)(=O)NC)c1)c1ccc(C)cc1C. The molecule has 134 valence electrons. The van der Waals surface area contributed by atoms with Crippen LogP contribution in [0.25, 0.3) is 0 Å². The highest BCUT2D eigenvalue weighted by atomic mass is 32.2. The minimum Gasteiger partial charge on any atom is -0.345 e. The number of sulfonamides is 1. The third kappa shape index (κ3) is 4.46. The molecule has 5 nitrogen and oxygen atoms in total. The van der Waals surface area contributed by atoms with E-state index in [1.807, 2.05) is 32.9 Å². The fourth-order valence-electron chi connectivity index (χ4n) is 2.78. The number of hydrogen-bond donors (Lipinski definition) is 2. The summed E-state index contributed by atoms with van der Waals surface area (Å²) in [4.78, 5) is 12.7. The molecule has 0 saturated heterocycles. The third-order valence-corrected chi connectivity index (χ3v) is 5.60. The average molecular weight is 360 g/mol. The maximum absolute atomic E-state index is 12.6. The van der Waals surface area contributed by atoms with E-state index in [4.69, 9.17) is 0 Å². The molecule has 0 fully saturated rings. The normalized spacial score (nSPS) is 12.6. The summed E-state index contributed by atoms with van der Waals surface area (Å²) in [5, 5.41) is 3.00. The lowest BCUT2D eigenvalue weighted by Gasteiger charge is -2.20. The zero-order valence-electron chi connectivity index (χ0n) is 15.0. The monoisotopic (exact) mass is 360 g/mol. The van der Waals surface area contributed by atoms with E-state index in [1.54, 1.807) is 12.1 Å². The first-order valence-electron chi connectivity index (χ1n) is 8.20. The van der Waals surface area contributed by atoms with Crippen molar-refractivity contribution in [3.8, 4) is 0 Å². The van der Waals surface area contributed by atoms with Crippen molar-refractivity contribution < 1.29 is 13.2 Å². The topological polar surface area (TPSA) is 75.3 Å². The van der Waals surface area contributed by atoms with E-state index in [0.29, 0.717) is 5.56 Å². The summed E-state index contributed by atoms with van der Waals surface area (Å²) >= 11 is 0. The Labute approximate surface area is 149 Å². The summed E-state index contributed by atoms with van der Waals surface area (Å²) in [6.07, 6.45) is 0.740. The maximum atomic E-state index is 12.6. The summed E-state index contributed by atoms with van der Waals surface area (Å²) in [6.45, 7) is 6.06. The van der Waals surface area contributed by atoms with Gasteiger partial charge >= 0.3 is 0 Å².